The molecule has 1 aromatic heterocycles. The fraction of sp³-hybridized carbons (Fsp3) is 0.643. The van der Waals surface area contributed by atoms with Crippen molar-refractivity contribution in [2.75, 3.05) is 25.5 Å². The molecule has 2 heterocycles. The molecular weight excluding hydrogens is 224 g/mol. The van der Waals surface area contributed by atoms with E-state index in [1.165, 1.54) is 25.8 Å². The number of nitrogens with zero attached hydrogens (tertiary/aromatic N) is 3. The van der Waals surface area contributed by atoms with Crippen molar-refractivity contribution in [1.82, 2.24) is 14.5 Å². The van der Waals surface area contributed by atoms with Crippen LogP contribution in [0.5, 0.6) is 0 Å². The Morgan fingerprint density at radius 3 is 3.11 bits per heavy atom. The van der Waals surface area contributed by atoms with E-state index in [2.05, 4.69) is 39.6 Å². The van der Waals surface area contributed by atoms with Crippen LogP contribution in [0.1, 0.15) is 25.0 Å². The van der Waals surface area contributed by atoms with Gasteiger partial charge in [-0.2, -0.15) is 0 Å². The molecule has 1 atom stereocenters. The summed E-state index contributed by atoms with van der Waals surface area (Å²) in [6.07, 6.45) is 7.96. The average molecular weight is 248 g/mol. The van der Waals surface area contributed by atoms with E-state index in [9.17, 15) is 0 Å². The molecular formula is C14H24N4. The van der Waals surface area contributed by atoms with Crippen molar-refractivity contribution in [3.8, 4) is 0 Å². The number of imidazole rings is 1. The van der Waals surface area contributed by atoms with Gasteiger partial charge in [0, 0.05) is 25.3 Å². The first-order chi connectivity index (χ1) is 8.70. The van der Waals surface area contributed by atoms with Crippen LogP contribution in [0.25, 0.3) is 0 Å². The summed E-state index contributed by atoms with van der Waals surface area (Å²) < 4.78 is 2.24. The molecule has 0 saturated carbocycles. The number of rotatable bonds is 5. The lowest BCUT2D eigenvalue weighted by Gasteiger charge is -2.32. The van der Waals surface area contributed by atoms with E-state index in [1.807, 2.05) is 13.0 Å². The van der Waals surface area contributed by atoms with Crippen molar-refractivity contribution in [1.29, 1.82) is 0 Å². The Balaban J connectivity index is 2.04. The number of hydrogen-bond acceptors (Lipinski definition) is 3. The third-order valence-corrected chi connectivity index (χ3v) is 3.63. The summed E-state index contributed by atoms with van der Waals surface area (Å²) in [6.45, 7) is 8.78. The van der Waals surface area contributed by atoms with E-state index >= 15 is 0 Å². The maximum atomic E-state index is 4.52. The largest absolute Gasteiger partial charge is 0.352 e. The highest BCUT2D eigenvalue weighted by Crippen LogP contribution is 2.19. The molecule has 1 aliphatic rings. The molecule has 0 radical (unpaired) electrons. The molecule has 1 aromatic rings. The lowest BCUT2D eigenvalue weighted by molar-refractivity contribution is 0.168. The number of piperidine rings is 1. The minimum absolute atomic E-state index is 0.636. The third-order valence-electron chi connectivity index (χ3n) is 3.63. The summed E-state index contributed by atoms with van der Waals surface area (Å²) >= 11 is 0. The highest BCUT2D eigenvalue weighted by Gasteiger charge is 2.20. The third kappa shape index (κ3) is 3.13. The second-order valence-electron chi connectivity index (χ2n) is 5.16. The fourth-order valence-corrected chi connectivity index (χ4v) is 2.59. The average Bonchev–Trinajstić information content (AvgIpc) is 2.70. The van der Waals surface area contributed by atoms with E-state index in [4.69, 9.17) is 0 Å². The molecule has 100 valence electrons. The fourth-order valence-electron chi connectivity index (χ4n) is 2.59. The molecule has 4 heteroatoms. The van der Waals surface area contributed by atoms with Crippen LogP contribution < -0.4 is 5.32 Å². The van der Waals surface area contributed by atoms with Gasteiger partial charge < -0.3 is 14.8 Å². The van der Waals surface area contributed by atoms with E-state index in [-0.39, 0.29) is 0 Å². The molecule has 1 fully saturated rings. The topological polar surface area (TPSA) is 33.1 Å². The van der Waals surface area contributed by atoms with Gasteiger partial charge in [0.15, 0.2) is 0 Å². The summed E-state index contributed by atoms with van der Waals surface area (Å²) in [5, 5.41) is 3.30. The summed E-state index contributed by atoms with van der Waals surface area (Å²) in [5.74, 6) is 0.964. The van der Waals surface area contributed by atoms with Gasteiger partial charge in [-0.1, -0.05) is 12.5 Å². The van der Waals surface area contributed by atoms with Crippen molar-refractivity contribution in [2.24, 2.45) is 0 Å². The van der Waals surface area contributed by atoms with Gasteiger partial charge in [-0.3, -0.25) is 0 Å². The van der Waals surface area contributed by atoms with Crippen LogP contribution in [0.15, 0.2) is 18.9 Å². The van der Waals surface area contributed by atoms with Gasteiger partial charge in [0.25, 0.3) is 0 Å². The molecule has 1 aliphatic heterocycles. The van der Waals surface area contributed by atoms with Crippen molar-refractivity contribution < 1.29 is 0 Å². The van der Waals surface area contributed by atoms with Crippen LogP contribution in [0.4, 0.5) is 5.95 Å². The minimum atomic E-state index is 0.636. The van der Waals surface area contributed by atoms with Gasteiger partial charge in [-0.25, -0.2) is 4.98 Å². The Morgan fingerprint density at radius 1 is 1.56 bits per heavy atom. The molecule has 0 bridgehead atoms. The van der Waals surface area contributed by atoms with Crippen LogP contribution in [0.2, 0.25) is 0 Å². The Kier molecular flexibility index (Phi) is 4.42. The molecule has 1 N–H and O–H groups in total. The molecule has 0 aliphatic carbocycles. The Labute approximate surface area is 110 Å². The van der Waals surface area contributed by atoms with Crippen LogP contribution >= 0.6 is 0 Å². The number of hydrogen-bond donors (Lipinski definition) is 1. The zero-order valence-corrected chi connectivity index (χ0v) is 11.5. The van der Waals surface area contributed by atoms with E-state index in [0.717, 1.165) is 24.7 Å². The first-order valence-corrected chi connectivity index (χ1v) is 6.79. The van der Waals surface area contributed by atoms with E-state index in [1.54, 1.807) is 0 Å². The van der Waals surface area contributed by atoms with Gasteiger partial charge in [-0.15, -0.1) is 6.58 Å². The normalized spacial score (nSPS) is 20.9. The summed E-state index contributed by atoms with van der Waals surface area (Å²) in [6, 6.07) is 0.636. The SMILES string of the molecule is C=CCNc1nc(C)cn1CC1CCCCN1C. The number of anilines is 1. The van der Waals surface area contributed by atoms with Gasteiger partial charge >= 0.3 is 0 Å². The van der Waals surface area contributed by atoms with E-state index in [0.29, 0.717) is 6.04 Å². The number of aromatic nitrogens is 2. The molecule has 0 aromatic carbocycles. The summed E-state index contributed by atoms with van der Waals surface area (Å²) in [4.78, 5) is 6.99. The zero-order valence-electron chi connectivity index (χ0n) is 11.5. The highest BCUT2D eigenvalue weighted by atomic mass is 15.2. The lowest BCUT2D eigenvalue weighted by atomic mass is 10.0. The van der Waals surface area contributed by atoms with Crippen molar-refractivity contribution in [3.63, 3.8) is 0 Å². The molecule has 1 saturated heterocycles. The smallest absolute Gasteiger partial charge is 0.203 e. The monoisotopic (exact) mass is 248 g/mol. The first-order valence-electron chi connectivity index (χ1n) is 6.79. The second-order valence-corrected chi connectivity index (χ2v) is 5.16. The maximum absolute atomic E-state index is 4.52. The van der Waals surface area contributed by atoms with Gasteiger partial charge in [0.1, 0.15) is 0 Å². The zero-order chi connectivity index (χ0) is 13.0. The number of likely N-dealkylation sites (tertiary alicyclic amines) is 1. The van der Waals surface area contributed by atoms with Crippen LogP contribution in [0.3, 0.4) is 0 Å². The quantitative estimate of drug-likeness (QED) is 0.812. The number of nitrogens with one attached hydrogen (secondary N) is 1. The van der Waals surface area contributed by atoms with Crippen LogP contribution in [-0.2, 0) is 6.54 Å². The Morgan fingerprint density at radius 2 is 2.39 bits per heavy atom. The first kappa shape index (κ1) is 13.1. The predicted octanol–water partition coefficient (Wildman–Crippen LogP) is 2.27. The predicted molar refractivity (Wildman–Crippen MR) is 75.9 cm³/mol. The van der Waals surface area contributed by atoms with Crippen molar-refractivity contribution >= 4 is 5.95 Å². The number of aryl methyl sites for hydroxylation is 1. The molecule has 0 amide bonds. The minimum Gasteiger partial charge on any atom is -0.352 e. The van der Waals surface area contributed by atoms with Crippen molar-refractivity contribution in [2.45, 2.75) is 38.8 Å². The maximum Gasteiger partial charge on any atom is 0.203 e. The summed E-state index contributed by atoms with van der Waals surface area (Å²) in [7, 11) is 2.23. The molecule has 2 rings (SSSR count). The molecule has 0 spiro atoms. The lowest BCUT2D eigenvalue weighted by Crippen LogP contribution is -2.39. The van der Waals surface area contributed by atoms with Gasteiger partial charge in [0.05, 0.1) is 5.69 Å². The van der Waals surface area contributed by atoms with Crippen molar-refractivity contribution in [3.05, 3.63) is 24.5 Å². The van der Waals surface area contributed by atoms with Gasteiger partial charge in [-0.05, 0) is 33.4 Å². The van der Waals surface area contributed by atoms with Crippen LogP contribution in [0, 0.1) is 6.92 Å². The second kappa shape index (κ2) is 6.05. The standard InChI is InChI=1S/C14H24N4/c1-4-8-15-14-16-12(2)10-18(14)11-13-7-5-6-9-17(13)3/h4,10,13H,1,5-9,11H2,2-3H3,(H,15,16). The van der Waals surface area contributed by atoms with E-state index < -0.39 is 0 Å². The molecule has 18 heavy (non-hydrogen) atoms. The highest BCUT2D eigenvalue weighted by molar-refractivity contribution is 5.29. The summed E-state index contributed by atoms with van der Waals surface area (Å²) in [5.41, 5.74) is 1.07. The van der Waals surface area contributed by atoms with Crippen LogP contribution in [-0.4, -0.2) is 40.6 Å². The molecule has 1 unspecified atom stereocenters. The van der Waals surface area contributed by atoms with Gasteiger partial charge in [0.2, 0.25) is 5.95 Å². The number of likely N-dealkylation sites (N-methyl/N-ethyl adjacent to an activating group) is 1. The Bertz CT molecular complexity index is 396. The Hall–Kier alpha value is -1.29. The molecule has 4 nitrogen and oxygen atoms in total.